The topological polar surface area (TPSA) is 151 Å². The molecule has 0 radical (unpaired) electrons. The second-order valence-electron chi connectivity index (χ2n) is 5.62. The second-order valence-corrected chi connectivity index (χ2v) is 7.57. The summed E-state index contributed by atoms with van der Waals surface area (Å²) in [5, 5.41) is 10.9. The summed E-state index contributed by atoms with van der Waals surface area (Å²) in [6, 6.07) is -0.787. The highest BCUT2D eigenvalue weighted by atomic mass is 32.2. The van der Waals surface area contributed by atoms with Crippen molar-refractivity contribution in [2.75, 3.05) is 30.0 Å². The number of carbonyl (C=O) groups is 3. The molecule has 1 atom stereocenters. The molecule has 0 aliphatic rings. The van der Waals surface area contributed by atoms with E-state index in [1.165, 1.54) is 4.57 Å². The van der Waals surface area contributed by atoms with Crippen molar-refractivity contribution in [2.24, 2.45) is 0 Å². The monoisotopic (exact) mass is 442 g/mol. The van der Waals surface area contributed by atoms with Crippen LogP contribution in [0.15, 0.2) is 5.16 Å². The molecule has 0 bridgehead atoms. The minimum Gasteiger partial charge on any atom is -0.465 e. The fraction of sp³-hybridized carbons (Fsp3) is 0.500. The maximum atomic E-state index is 12.7. The summed E-state index contributed by atoms with van der Waals surface area (Å²) in [5.74, 6) is -1.29. The van der Waals surface area contributed by atoms with E-state index in [1.54, 1.807) is 27.7 Å². The molecule has 2 aromatic rings. The van der Waals surface area contributed by atoms with E-state index in [0.717, 1.165) is 23.1 Å². The molecule has 1 amide bonds. The number of aromatic nitrogens is 4. The van der Waals surface area contributed by atoms with Gasteiger partial charge in [-0.3, -0.25) is 14.2 Å². The first-order valence-corrected chi connectivity index (χ1v) is 10.5. The van der Waals surface area contributed by atoms with Crippen molar-refractivity contribution >= 4 is 52.0 Å². The van der Waals surface area contributed by atoms with Crippen molar-refractivity contribution in [1.29, 1.82) is 0 Å². The number of hydrogen-bond acceptors (Lipinski definition) is 11. The van der Waals surface area contributed by atoms with Crippen LogP contribution in [0.4, 0.5) is 11.1 Å². The molecule has 0 saturated carbocycles. The van der Waals surface area contributed by atoms with Crippen molar-refractivity contribution in [1.82, 2.24) is 19.7 Å². The van der Waals surface area contributed by atoms with Crippen molar-refractivity contribution < 1.29 is 23.9 Å². The number of nitrogens with zero attached hydrogens (tertiary/aromatic N) is 4. The highest BCUT2D eigenvalue weighted by Gasteiger charge is 2.25. The molecular formula is C16H22N6O5S2. The molecule has 13 heteroatoms. The zero-order chi connectivity index (χ0) is 21.6. The Kier molecular flexibility index (Phi) is 7.96. The number of ether oxygens (including phenoxy) is 2. The molecule has 2 rings (SSSR count). The molecule has 11 nitrogen and oxygen atoms in total. The van der Waals surface area contributed by atoms with Gasteiger partial charge >= 0.3 is 11.9 Å². The van der Waals surface area contributed by atoms with E-state index in [-0.39, 0.29) is 30.0 Å². The van der Waals surface area contributed by atoms with Crippen molar-refractivity contribution in [3.63, 3.8) is 0 Å². The number of hydrogen-bond donors (Lipinski definition) is 2. The Balaban J connectivity index is 2.11. The Bertz CT molecular complexity index is 896. The van der Waals surface area contributed by atoms with Gasteiger partial charge in [-0.1, -0.05) is 23.1 Å². The van der Waals surface area contributed by atoms with Crippen molar-refractivity contribution in [3.8, 4) is 0 Å². The summed E-state index contributed by atoms with van der Waals surface area (Å²) < 4.78 is 11.3. The van der Waals surface area contributed by atoms with Gasteiger partial charge in [0.15, 0.2) is 10.3 Å². The Labute approximate surface area is 175 Å². The second kappa shape index (κ2) is 10.2. The van der Waals surface area contributed by atoms with E-state index in [0.29, 0.717) is 15.7 Å². The number of esters is 2. The summed E-state index contributed by atoms with van der Waals surface area (Å²) >= 11 is 2.09. The number of anilines is 2. The minimum atomic E-state index is -0.787. The number of aryl methyl sites for hydroxylation is 1. The largest absolute Gasteiger partial charge is 0.465 e. The van der Waals surface area contributed by atoms with E-state index in [4.69, 9.17) is 15.2 Å². The maximum Gasteiger partial charge on any atom is 0.350 e. The molecule has 2 aromatic heterocycles. The number of carbonyl (C=O) groups excluding carboxylic acids is 3. The SMILES string of the molecule is CCOC(=O)CSc1nnc(N)n1C(C)C(=O)Nc1nc(C)c(C(=O)OCC)s1. The van der Waals surface area contributed by atoms with Gasteiger partial charge in [-0.05, 0) is 27.7 Å². The third-order valence-electron chi connectivity index (χ3n) is 3.57. The lowest BCUT2D eigenvalue weighted by Crippen LogP contribution is -2.25. The van der Waals surface area contributed by atoms with Crippen molar-refractivity contribution in [3.05, 3.63) is 10.6 Å². The highest BCUT2D eigenvalue weighted by Crippen LogP contribution is 2.27. The van der Waals surface area contributed by atoms with Gasteiger partial charge < -0.3 is 20.5 Å². The number of nitrogens with two attached hydrogens (primary N) is 1. The fourth-order valence-corrected chi connectivity index (χ4v) is 3.92. The van der Waals surface area contributed by atoms with E-state index in [2.05, 4.69) is 20.5 Å². The Morgan fingerprint density at radius 3 is 2.59 bits per heavy atom. The van der Waals surface area contributed by atoms with Gasteiger partial charge in [-0.2, -0.15) is 0 Å². The first-order valence-electron chi connectivity index (χ1n) is 8.72. The van der Waals surface area contributed by atoms with Crippen molar-refractivity contribution in [2.45, 2.75) is 38.9 Å². The van der Waals surface area contributed by atoms with Crippen LogP contribution in [0, 0.1) is 6.92 Å². The van der Waals surface area contributed by atoms with Crippen LogP contribution >= 0.6 is 23.1 Å². The predicted octanol–water partition coefficient (Wildman–Crippen LogP) is 1.66. The summed E-state index contributed by atoms with van der Waals surface area (Å²) in [6.07, 6.45) is 0. The number of nitrogen functional groups attached to an aromatic ring is 1. The van der Waals surface area contributed by atoms with Gasteiger partial charge in [-0.25, -0.2) is 9.78 Å². The highest BCUT2D eigenvalue weighted by molar-refractivity contribution is 7.99. The Hall–Kier alpha value is -2.67. The number of amides is 1. The molecule has 3 N–H and O–H groups in total. The quantitative estimate of drug-likeness (QED) is 0.433. The van der Waals surface area contributed by atoms with Gasteiger partial charge in [0.2, 0.25) is 11.9 Å². The molecule has 0 aromatic carbocycles. The number of rotatable bonds is 9. The van der Waals surface area contributed by atoms with Gasteiger partial charge in [0.1, 0.15) is 10.9 Å². The standard InChI is InChI=1S/C16H22N6O5S2/c1-5-26-10(23)7-28-16-21-20-14(17)22(16)9(4)12(24)19-15-18-8(3)11(29-15)13(25)27-6-2/h9H,5-7H2,1-4H3,(H2,17,20)(H,18,19,24). The molecule has 0 fully saturated rings. The molecule has 158 valence electrons. The van der Waals surface area contributed by atoms with Crippen LogP contribution in [0.3, 0.4) is 0 Å². The molecule has 0 saturated heterocycles. The molecule has 0 spiro atoms. The fourth-order valence-electron chi connectivity index (χ4n) is 2.24. The van der Waals surface area contributed by atoms with E-state index >= 15 is 0 Å². The predicted molar refractivity (Wildman–Crippen MR) is 108 cm³/mol. The van der Waals surface area contributed by atoms with Gasteiger partial charge in [0.05, 0.1) is 24.7 Å². The number of thioether (sulfide) groups is 1. The lowest BCUT2D eigenvalue weighted by molar-refractivity contribution is -0.139. The zero-order valence-electron chi connectivity index (χ0n) is 16.4. The molecule has 0 aliphatic carbocycles. The van der Waals surface area contributed by atoms with E-state index in [9.17, 15) is 14.4 Å². The minimum absolute atomic E-state index is 0.00882. The van der Waals surface area contributed by atoms with Crippen LogP contribution in [0.2, 0.25) is 0 Å². The maximum absolute atomic E-state index is 12.7. The normalized spacial score (nSPS) is 11.7. The third kappa shape index (κ3) is 5.67. The van der Waals surface area contributed by atoms with Crippen LogP contribution in [0.5, 0.6) is 0 Å². The third-order valence-corrected chi connectivity index (χ3v) is 5.54. The lowest BCUT2D eigenvalue weighted by atomic mass is 10.3. The van der Waals surface area contributed by atoms with Crippen LogP contribution in [-0.2, 0) is 19.1 Å². The Morgan fingerprint density at radius 1 is 1.24 bits per heavy atom. The first kappa shape index (κ1) is 22.6. The summed E-state index contributed by atoms with van der Waals surface area (Å²) in [4.78, 5) is 40.7. The lowest BCUT2D eigenvalue weighted by Gasteiger charge is -2.15. The van der Waals surface area contributed by atoms with Gasteiger partial charge in [-0.15, -0.1) is 10.2 Å². The van der Waals surface area contributed by atoms with Gasteiger partial charge in [0.25, 0.3) is 0 Å². The van der Waals surface area contributed by atoms with Crippen LogP contribution in [0.25, 0.3) is 0 Å². The van der Waals surface area contributed by atoms with E-state index < -0.39 is 23.9 Å². The van der Waals surface area contributed by atoms with Crippen LogP contribution < -0.4 is 11.1 Å². The van der Waals surface area contributed by atoms with Gasteiger partial charge in [0, 0.05) is 0 Å². The number of thiazole rings is 1. The first-order chi connectivity index (χ1) is 13.8. The molecule has 0 aliphatic heterocycles. The zero-order valence-corrected chi connectivity index (χ0v) is 18.1. The molecular weight excluding hydrogens is 420 g/mol. The van der Waals surface area contributed by atoms with Crippen LogP contribution in [0.1, 0.15) is 42.2 Å². The van der Waals surface area contributed by atoms with Crippen LogP contribution in [-0.4, -0.2) is 56.6 Å². The summed E-state index contributed by atoms with van der Waals surface area (Å²) in [7, 11) is 0. The Morgan fingerprint density at radius 2 is 1.93 bits per heavy atom. The average molecular weight is 443 g/mol. The average Bonchev–Trinajstić information content (AvgIpc) is 3.22. The van der Waals surface area contributed by atoms with E-state index in [1.807, 2.05) is 0 Å². The smallest absolute Gasteiger partial charge is 0.350 e. The molecule has 1 unspecified atom stereocenters. The number of nitrogens with one attached hydrogen (secondary N) is 1. The molecule has 29 heavy (non-hydrogen) atoms. The molecule has 2 heterocycles. The summed E-state index contributed by atoms with van der Waals surface area (Å²) in [5.41, 5.74) is 6.31. The summed E-state index contributed by atoms with van der Waals surface area (Å²) in [6.45, 7) is 7.20.